The number of rotatable bonds is 4. The number of hydrogen-bond donors (Lipinski definition) is 2. The average molecular weight is 400 g/mol. The van der Waals surface area contributed by atoms with Crippen LogP contribution in [0.5, 0.6) is 0 Å². The second-order valence-electron chi connectivity index (χ2n) is 6.09. The molecule has 2 aromatic rings. The number of pyridine rings is 2. The van der Waals surface area contributed by atoms with Gasteiger partial charge in [0, 0.05) is 12.4 Å². The first-order valence-corrected chi connectivity index (χ1v) is 9.63. The van der Waals surface area contributed by atoms with Gasteiger partial charge in [0.05, 0.1) is 28.7 Å². The van der Waals surface area contributed by atoms with Gasteiger partial charge in [-0.15, -0.1) is 0 Å². The number of nitrogens with one attached hydrogen (secondary N) is 2. The Labute approximate surface area is 161 Å². The summed E-state index contributed by atoms with van der Waals surface area (Å²) in [7, 11) is -4.22. The molecule has 0 aromatic carbocycles. The predicted octanol–water partition coefficient (Wildman–Crippen LogP) is 1.07. The minimum absolute atomic E-state index is 0.129. The van der Waals surface area contributed by atoms with Gasteiger partial charge in [-0.1, -0.05) is 0 Å². The maximum absolute atomic E-state index is 12.8. The molecule has 1 atom stereocenters. The van der Waals surface area contributed by atoms with E-state index in [0.29, 0.717) is 15.6 Å². The summed E-state index contributed by atoms with van der Waals surface area (Å²) in [6, 6.07) is 4.99. The van der Waals surface area contributed by atoms with Crippen LogP contribution in [0.15, 0.2) is 35.5 Å². The zero-order valence-electron chi connectivity index (χ0n) is 15.0. The van der Waals surface area contributed by atoms with Crippen LogP contribution in [-0.4, -0.2) is 41.2 Å². The first kappa shape index (κ1) is 19.2. The molecular weight excluding hydrogens is 384 g/mol. The predicted molar refractivity (Wildman–Crippen MR) is 97.4 cm³/mol. The van der Waals surface area contributed by atoms with Crippen molar-refractivity contribution in [1.82, 2.24) is 19.6 Å². The fourth-order valence-corrected chi connectivity index (χ4v) is 4.34. The van der Waals surface area contributed by atoms with Crippen molar-refractivity contribution in [3.8, 4) is 6.07 Å². The van der Waals surface area contributed by atoms with E-state index in [9.17, 15) is 18.0 Å². The largest absolute Gasteiger partial charge is 0.346 e. The standard InChI is InChI=1S/C17H16N6O4S/c1-10(13-4-3-12(7-18)8-20-13)21-15(24)9-23-17(25)22-14-5-6-19-11(2)16(14)28(23,26)27/h3-6,8,10H,9H2,1-2H3,(H,21,24)(H,22,25)/t10-/m0/s1. The summed E-state index contributed by atoms with van der Waals surface area (Å²) in [4.78, 5) is 32.5. The van der Waals surface area contributed by atoms with E-state index in [1.54, 1.807) is 19.1 Å². The number of amides is 3. The highest BCUT2D eigenvalue weighted by Crippen LogP contribution is 2.31. The summed E-state index contributed by atoms with van der Waals surface area (Å²) >= 11 is 0. The SMILES string of the molecule is Cc1nccc2c1S(=O)(=O)N(CC(=O)N[C@@H](C)c1ccc(C#N)cn1)C(=O)N2. The van der Waals surface area contributed by atoms with Crippen LogP contribution in [-0.2, 0) is 14.8 Å². The lowest BCUT2D eigenvalue weighted by atomic mass is 10.2. The molecular formula is C17H16N6O4S. The average Bonchev–Trinajstić information content (AvgIpc) is 2.64. The molecule has 0 unspecified atom stereocenters. The second kappa shape index (κ2) is 7.24. The third-order valence-electron chi connectivity index (χ3n) is 4.12. The maximum Gasteiger partial charge on any atom is 0.336 e. The van der Waals surface area contributed by atoms with Gasteiger partial charge in [-0.3, -0.25) is 14.8 Å². The summed E-state index contributed by atoms with van der Waals surface area (Å²) in [6.45, 7) is 2.47. The molecule has 0 radical (unpaired) electrons. The van der Waals surface area contributed by atoms with Crippen LogP contribution < -0.4 is 10.6 Å². The number of carbonyl (C=O) groups excluding carboxylic acids is 2. The number of hydrogen-bond acceptors (Lipinski definition) is 7. The Bertz CT molecular complexity index is 1090. The van der Waals surface area contributed by atoms with Crippen LogP contribution in [0.4, 0.5) is 10.5 Å². The van der Waals surface area contributed by atoms with Crippen LogP contribution in [0.1, 0.15) is 29.9 Å². The molecule has 3 rings (SSSR count). The Balaban J connectivity index is 1.77. The fourth-order valence-electron chi connectivity index (χ4n) is 2.75. The lowest BCUT2D eigenvalue weighted by molar-refractivity contribution is -0.121. The van der Waals surface area contributed by atoms with Crippen LogP contribution in [0.25, 0.3) is 0 Å². The third kappa shape index (κ3) is 3.49. The van der Waals surface area contributed by atoms with Crippen molar-refractivity contribution >= 4 is 27.6 Å². The van der Waals surface area contributed by atoms with Gasteiger partial charge in [0.2, 0.25) is 5.91 Å². The molecule has 1 aliphatic rings. The van der Waals surface area contributed by atoms with Gasteiger partial charge in [-0.25, -0.2) is 17.5 Å². The molecule has 2 aromatic heterocycles. The quantitative estimate of drug-likeness (QED) is 0.780. The van der Waals surface area contributed by atoms with Crippen LogP contribution >= 0.6 is 0 Å². The summed E-state index contributed by atoms with van der Waals surface area (Å²) in [5.74, 6) is -0.678. The fraction of sp³-hybridized carbons (Fsp3) is 0.235. The van der Waals surface area contributed by atoms with Crippen molar-refractivity contribution in [2.45, 2.75) is 24.8 Å². The number of anilines is 1. The van der Waals surface area contributed by atoms with Gasteiger partial charge in [-0.05, 0) is 32.0 Å². The molecule has 2 N–H and O–H groups in total. The van der Waals surface area contributed by atoms with Gasteiger partial charge in [0.15, 0.2) is 0 Å². The number of nitrogens with zero attached hydrogens (tertiary/aromatic N) is 4. The van der Waals surface area contributed by atoms with E-state index < -0.39 is 34.5 Å². The van der Waals surface area contributed by atoms with Gasteiger partial charge in [0.25, 0.3) is 10.0 Å². The zero-order valence-corrected chi connectivity index (χ0v) is 15.8. The van der Waals surface area contributed by atoms with E-state index >= 15 is 0 Å². The number of nitriles is 1. The molecule has 3 heterocycles. The van der Waals surface area contributed by atoms with E-state index in [1.165, 1.54) is 25.4 Å². The summed E-state index contributed by atoms with van der Waals surface area (Å²) < 4.78 is 26.1. The van der Waals surface area contributed by atoms with Gasteiger partial charge < -0.3 is 10.6 Å². The Morgan fingerprint density at radius 2 is 2.11 bits per heavy atom. The van der Waals surface area contributed by atoms with Crippen molar-refractivity contribution in [3.63, 3.8) is 0 Å². The monoisotopic (exact) mass is 400 g/mol. The van der Waals surface area contributed by atoms with Crippen molar-refractivity contribution < 1.29 is 18.0 Å². The number of fused-ring (bicyclic) bond motifs is 1. The Morgan fingerprint density at radius 3 is 2.75 bits per heavy atom. The van der Waals surface area contributed by atoms with Gasteiger partial charge in [0.1, 0.15) is 17.5 Å². The first-order chi connectivity index (χ1) is 13.2. The Morgan fingerprint density at radius 1 is 1.36 bits per heavy atom. The molecule has 0 bridgehead atoms. The highest BCUT2D eigenvalue weighted by Gasteiger charge is 2.39. The molecule has 0 aliphatic carbocycles. The van der Waals surface area contributed by atoms with Crippen molar-refractivity contribution in [3.05, 3.63) is 47.5 Å². The van der Waals surface area contributed by atoms with E-state index in [0.717, 1.165) is 0 Å². The molecule has 11 heteroatoms. The van der Waals surface area contributed by atoms with Crippen molar-refractivity contribution in [2.24, 2.45) is 0 Å². The van der Waals surface area contributed by atoms with Crippen molar-refractivity contribution in [1.29, 1.82) is 5.26 Å². The van der Waals surface area contributed by atoms with Crippen LogP contribution in [0.3, 0.4) is 0 Å². The van der Waals surface area contributed by atoms with Gasteiger partial charge in [-0.2, -0.15) is 5.26 Å². The topological polar surface area (TPSA) is 145 Å². The first-order valence-electron chi connectivity index (χ1n) is 8.18. The number of aromatic nitrogens is 2. The molecule has 10 nitrogen and oxygen atoms in total. The van der Waals surface area contributed by atoms with E-state index in [4.69, 9.17) is 5.26 Å². The lowest BCUT2D eigenvalue weighted by Gasteiger charge is -2.29. The van der Waals surface area contributed by atoms with Crippen LogP contribution in [0, 0.1) is 18.3 Å². The lowest BCUT2D eigenvalue weighted by Crippen LogP contribution is -2.49. The smallest absolute Gasteiger partial charge is 0.336 e. The number of urea groups is 1. The third-order valence-corrected chi connectivity index (χ3v) is 6.03. The highest BCUT2D eigenvalue weighted by atomic mass is 32.2. The molecule has 144 valence electrons. The summed E-state index contributed by atoms with van der Waals surface area (Å²) in [6.07, 6.45) is 2.76. The molecule has 3 amide bonds. The summed E-state index contributed by atoms with van der Waals surface area (Å²) in [5, 5.41) is 13.8. The highest BCUT2D eigenvalue weighted by molar-refractivity contribution is 7.90. The number of sulfonamides is 1. The van der Waals surface area contributed by atoms with Crippen molar-refractivity contribution in [2.75, 3.05) is 11.9 Å². The zero-order chi connectivity index (χ0) is 20.5. The molecule has 0 saturated carbocycles. The molecule has 1 aliphatic heterocycles. The second-order valence-corrected chi connectivity index (χ2v) is 7.89. The Hall–Kier alpha value is -3.52. The summed E-state index contributed by atoms with van der Waals surface area (Å²) in [5.41, 5.74) is 1.21. The van der Waals surface area contributed by atoms with E-state index in [2.05, 4.69) is 20.6 Å². The molecule has 0 fully saturated rings. The molecule has 28 heavy (non-hydrogen) atoms. The molecule has 0 spiro atoms. The molecule has 0 saturated heterocycles. The minimum atomic E-state index is -4.22. The normalized spacial score (nSPS) is 15.8. The number of aryl methyl sites for hydroxylation is 1. The number of carbonyl (C=O) groups is 2. The maximum atomic E-state index is 12.8. The Kier molecular flexibility index (Phi) is 4.98. The minimum Gasteiger partial charge on any atom is -0.346 e. The van der Waals surface area contributed by atoms with Gasteiger partial charge >= 0.3 is 6.03 Å². The van der Waals surface area contributed by atoms with E-state index in [-0.39, 0.29) is 16.3 Å². The van der Waals surface area contributed by atoms with Crippen LogP contribution in [0.2, 0.25) is 0 Å². The van der Waals surface area contributed by atoms with E-state index in [1.807, 2.05) is 6.07 Å².